The van der Waals surface area contributed by atoms with E-state index in [4.69, 9.17) is 10.5 Å². The van der Waals surface area contributed by atoms with Crippen molar-refractivity contribution in [2.45, 2.75) is 45.3 Å². The van der Waals surface area contributed by atoms with E-state index in [-0.39, 0.29) is 18.0 Å². The number of benzene rings is 1. The van der Waals surface area contributed by atoms with Gasteiger partial charge in [0.05, 0.1) is 0 Å². The van der Waals surface area contributed by atoms with E-state index in [2.05, 4.69) is 6.92 Å². The lowest BCUT2D eigenvalue weighted by Gasteiger charge is -2.32. The summed E-state index contributed by atoms with van der Waals surface area (Å²) in [6.45, 7) is 3.96. The number of ether oxygens (including phenoxy) is 1. The van der Waals surface area contributed by atoms with Crippen molar-refractivity contribution in [1.29, 1.82) is 0 Å². The Labute approximate surface area is 102 Å². The minimum absolute atomic E-state index is 0.0589. The second kappa shape index (κ2) is 5.05. The lowest BCUT2D eigenvalue weighted by Crippen LogP contribution is -2.43. The first-order valence-corrected chi connectivity index (χ1v) is 6.24. The van der Waals surface area contributed by atoms with Crippen LogP contribution in [0.4, 0.5) is 4.39 Å². The topological polar surface area (TPSA) is 35.2 Å². The molecule has 2 N–H and O–H groups in total. The summed E-state index contributed by atoms with van der Waals surface area (Å²) in [6, 6.07) is 4.95. The molecule has 2 rings (SSSR count). The number of halogens is 1. The molecule has 1 aliphatic rings. The van der Waals surface area contributed by atoms with E-state index in [0.717, 1.165) is 18.6 Å². The average Bonchev–Trinajstić information content (AvgIpc) is 2.29. The van der Waals surface area contributed by atoms with Crippen molar-refractivity contribution in [2.75, 3.05) is 0 Å². The van der Waals surface area contributed by atoms with Crippen LogP contribution in [0.5, 0.6) is 5.75 Å². The Bertz CT molecular complexity index is 394. The van der Waals surface area contributed by atoms with Gasteiger partial charge in [0.15, 0.2) is 0 Å². The van der Waals surface area contributed by atoms with Gasteiger partial charge in [0.1, 0.15) is 17.7 Å². The van der Waals surface area contributed by atoms with Gasteiger partial charge >= 0.3 is 0 Å². The van der Waals surface area contributed by atoms with Crippen molar-refractivity contribution >= 4 is 0 Å². The zero-order valence-corrected chi connectivity index (χ0v) is 10.4. The van der Waals surface area contributed by atoms with E-state index < -0.39 is 0 Å². The highest BCUT2D eigenvalue weighted by Crippen LogP contribution is 2.27. The first kappa shape index (κ1) is 12.4. The quantitative estimate of drug-likeness (QED) is 0.858. The molecule has 1 aromatic rings. The number of hydrogen-bond donors (Lipinski definition) is 1. The molecule has 1 saturated carbocycles. The van der Waals surface area contributed by atoms with Crippen LogP contribution in [-0.2, 0) is 0 Å². The molecule has 0 aliphatic heterocycles. The summed E-state index contributed by atoms with van der Waals surface area (Å²) >= 11 is 0. The molecule has 17 heavy (non-hydrogen) atoms. The Hall–Kier alpha value is -1.09. The largest absolute Gasteiger partial charge is 0.489 e. The van der Waals surface area contributed by atoms with Crippen LogP contribution >= 0.6 is 0 Å². The second-order valence-electron chi connectivity index (χ2n) is 5.15. The van der Waals surface area contributed by atoms with Crippen molar-refractivity contribution < 1.29 is 9.13 Å². The van der Waals surface area contributed by atoms with Gasteiger partial charge in [-0.2, -0.15) is 0 Å². The van der Waals surface area contributed by atoms with Gasteiger partial charge < -0.3 is 10.5 Å². The molecule has 0 heterocycles. The molecule has 1 aromatic carbocycles. The van der Waals surface area contributed by atoms with E-state index in [1.165, 1.54) is 12.5 Å². The molecule has 0 spiro atoms. The fourth-order valence-electron chi connectivity index (χ4n) is 2.35. The molecule has 3 heteroatoms. The van der Waals surface area contributed by atoms with Crippen LogP contribution in [0.15, 0.2) is 18.2 Å². The molecule has 1 fully saturated rings. The molecule has 0 radical (unpaired) electrons. The summed E-state index contributed by atoms with van der Waals surface area (Å²) in [4.78, 5) is 0. The normalized spacial score (nSPS) is 29.1. The first-order valence-electron chi connectivity index (χ1n) is 6.24. The van der Waals surface area contributed by atoms with Crippen LogP contribution in [-0.4, -0.2) is 12.1 Å². The molecule has 0 saturated heterocycles. The maximum atomic E-state index is 13.1. The fraction of sp³-hybridized carbons (Fsp3) is 0.571. The van der Waals surface area contributed by atoms with E-state index in [9.17, 15) is 4.39 Å². The predicted octanol–water partition coefficient (Wildman–Crippen LogP) is 3.03. The molecule has 3 unspecified atom stereocenters. The van der Waals surface area contributed by atoms with E-state index in [0.29, 0.717) is 11.5 Å². The minimum Gasteiger partial charge on any atom is -0.489 e. The van der Waals surface area contributed by atoms with Crippen LogP contribution in [0.25, 0.3) is 0 Å². The van der Waals surface area contributed by atoms with E-state index in [1.54, 1.807) is 19.1 Å². The zero-order chi connectivity index (χ0) is 12.4. The van der Waals surface area contributed by atoms with Gasteiger partial charge in [-0.25, -0.2) is 4.39 Å². The lowest BCUT2D eigenvalue weighted by atomic mass is 9.85. The summed E-state index contributed by atoms with van der Waals surface area (Å²) in [5.41, 5.74) is 6.67. The van der Waals surface area contributed by atoms with Crippen molar-refractivity contribution in [3.63, 3.8) is 0 Å². The zero-order valence-electron chi connectivity index (χ0n) is 10.4. The van der Waals surface area contributed by atoms with E-state index in [1.807, 2.05) is 0 Å². The van der Waals surface area contributed by atoms with Crippen LogP contribution in [0.3, 0.4) is 0 Å². The first-order chi connectivity index (χ1) is 8.06. The van der Waals surface area contributed by atoms with Crippen LogP contribution in [0, 0.1) is 18.7 Å². The third-order valence-electron chi connectivity index (χ3n) is 3.52. The van der Waals surface area contributed by atoms with Gasteiger partial charge in [0.25, 0.3) is 0 Å². The number of hydrogen-bond acceptors (Lipinski definition) is 2. The third kappa shape index (κ3) is 2.97. The Morgan fingerprint density at radius 1 is 1.35 bits per heavy atom. The Balaban J connectivity index is 2.06. The van der Waals surface area contributed by atoms with Gasteiger partial charge in [0, 0.05) is 6.04 Å². The van der Waals surface area contributed by atoms with Gasteiger partial charge in [-0.3, -0.25) is 0 Å². The molecule has 1 aliphatic carbocycles. The van der Waals surface area contributed by atoms with Crippen molar-refractivity contribution in [1.82, 2.24) is 0 Å². The van der Waals surface area contributed by atoms with Crippen molar-refractivity contribution in [2.24, 2.45) is 11.7 Å². The second-order valence-corrected chi connectivity index (χ2v) is 5.15. The number of aryl methyl sites for hydroxylation is 1. The van der Waals surface area contributed by atoms with Crippen LogP contribution in [0.1, 0.15) is 31.7 Å². The van der Waals surface area contributed by atoms with Crippen LogP contribution < -0.4 is 10.5 Å². The molecular weight excluding hydrogens is 217 g/mol. The van der Waals surface area contributed by atoms with Crippen molar-refractivity contribution in [3.8, 4) is 5.75 Å². The molecule has 0 amide bonds. The van der Waals surface area contributed by atoms with Crippen molar-refractivity contribution in [3.05, 3.63) is 29.6 Å². The Kier molecular flexibility index (Phi) is 3.67. The summed E-state index contributed by atoms with van der Waals surface area (Å²) in [5.74, 6) is 1.18. The number of rotatable bonds is 2. The molecule has 94 valence electrons. The third-order valence-corrected chi connectivity index (χ3v) is 3.52. The smallest absolute Gasteiger partial charge is 0.126 e. The van der Waals surface area contributed by atoms with Gasteiger partial charge in [0.2, 0.25) is 0 Å². The van der Waals surface area contributed by atoms with Gasteiger partial charge in [-0.1, -0.05) is 6.92 Å². The highest BCUT2D eigenvalue weighted by atomic mass is 19.1. The minimum atomic E-state index is -0.196. The summed E-state index contributed by atoms with van der Waals surface area (Å²) in [6.07, 6.45) is 3.22. The predicted molar refractivity (Wildman–Crippen MR) is 66.5 cm³/mol. The molecule has 3 atom stereocenters. The lowest BCUT2D eigenvalue weighted by molar-refractivity contribution is 0.107. The van der Waals surface area contributed by atoms with Gasteiger partial charge in [-0.15, -0.1) is 0 Å². The average molecular weight is 237 g/mol. The Morgan fingerprint density at radius 3 is 2.82 bits per heavy atom. The molecule has 0 aromatic heterocycles. The monoisotopic (exact) mass is 237 g/mol. The fourth-order valence-corrected chi connectivity index (χ4v) is 2.35. The Morgan fingerprint density at radius 2 is 2.12 bits per heavy atom. The standard InChI is InChI=1S/C14H20FNO/c1-9-3-6-13(16)14(7-9)17-11-4-5-12(15)10(2)8-11/h4-5,8-9,13-14H,3,6-7,16H2,1-2H3. The molecule has 2 nitrogen and oxygen atoms in total. The molecular formula is C14H20FNO. The SMILES string of the molecule is Cc1cc(OC2CC(C)CCC2N)ccc1F. The maximum absolute atomic E-state index is 13.1. The maximum Gasteiger partial charge on any atom is 0.126 e. The number of nitrogens with two attached hydrogens (primary N) is 1. The van der Waals surface area contributed by atoms with Gasteiger partial charge in [-0.05, 0) is 55.9 Å². The summed E-state index contributed by atoms with van der Waals surface area (Å²) < 4.78 is 19.0. The highest BCUT2D eigenvalue weighted by Gasteiger charge is 2.27. The summed E-state index contributed by atoms with van der Waals surface area (Å²) in [5, 5.41) is 0. The van der Waals surface area contributed by atoms with E-state index >= 15 is 0 Å². The molecule has 0 bridgehead atoms. The van der Waals surface area contributed by atoms with Crippen LogP contribution in [0.2, 0.25) is 0 Å². The highest BCUT2D eigenvalue weighted by molar-refractivity contribution is 5.29. The summed E-state index contributed by atoms with van der Waals surface area (Å²) in [7, 11) is 0.